The van der Waals surface area contributed by atoms with E-state index < -0.39 is 0 Å². The van der Waals surface area contributed by atoms with Crippen LogP contribution in [0.1, 0.15) is 44.3 Å². The quantitative estimate of drug-likeness (QED) is 0.845. The predicted octanol–water partition coefficient (Wildman–Crippen LogP) is 1.60. The van der Waals surface area contributed by atoms with Crippen molar-refractivity contribution in [2.24, 2.45) is 5.92 Å². The van der Waals surface area contributed by atoms with Gasteiger partial charge in [0.15, 0.2) is 5.82 Å². The molecule has 0 unspecified atom stereocenters. The molecule has 0 atom stereocenters. The van der Waals surface area contributed by atoms with E-state index in [0.717, 1.165) is 36.6 Å². The minimum absolute atomic E-state index is 0.757. The summed E-state index contributed by atoms with van der Waals surface area (Å²) < 4.78 is 5.21. The second-order valence-corrected chi connectivity index (χ2v) is 5.81. The van der Waals surface area contributed by atoms with Gasteiger partial charge in [0.1, 0.15) is 0 Å². The van der Waals surface area contributed by atoms with Gasteiger partial charge in [-0.1, -0.05) is 12.1 Å². The molecule has 0 bridgehead atoms. The summed E-state index contributed by atoms with van der Waals surface area (Å²) in [5, 5.41) is 7.53. The molecule has 0 radical (unpaired) electrons. The first-order chi connectivity index (χ1) is 9.35. The number of aromatic nitrogens is 2. The molecule has 1 aliphatic carbocycles. The normalized spacial score (nSPS) is 21.2. The molecule has 2 fully saturated rings. The van der Waals surface area contributed by atoms with E-state index in [1.807, 2.05) is 6.92 Å². The van der Waals surface area contributed by atoms with E-state index in [9.17, 15) is 0 Å². The van der Waals surface area contributed by atoms with Gasteiger partial charge >= 0.3 is 0 Å². The number of nitrogens with one attached hydrogen (secondary N) is 1. The fraction of sp³-hybridized carbons (Fsp3) is 0.857. The maximum Gasteiger partial charge on any atom is 0.226 e. The molecule has 1 saturated heterocycles. The maximum atomic E-state index is 5.21. The van der Waals surface area contributed by atoms with Crippen molar-refractivity contribution in [2.45, 2.75) is 51.6 Å². The topological polar surface area (TPSA) is 54.2 Å². The second-order valence-electron chi connectivity index (χ2n) is 5.81. The molecule has 2 heterocycles. The summed E-state index contributed by atoms with van der Waals surface area (Å²) in [6, 6.07) is 0.762. The Labute approximate surface area is 114 Å². The third-order valence-corrected chi connectivity index (χ3v) is 4.17. The van der Waals surface area contributed by atoms with E-state index in [2.05, 4.69) is 20.4 Å². The van der Waals surface area contributed by atoms with Crippen molar-refractivity contribution in [1.82, 2.24) is 20.4 Å². The second kappa shape index (κ2) is 6.01. The Kier molecular flexibility index (Phi) is 4.13. The van der Waals surface area contributed by atoms with Crippen molar-refractivity contribution < 1.29 is 4.52 Å². The van der Waals surface area contributed by atoms with Gasteiger partial charge in [-0.25, -0.2) is 0 Å². The van der Waals surface area contributed by atoms with Crippen LogP contribution in [0.2, 0.25) is 0 Å². The van der Waals surface area contributed by atoms with E-state index in [-0.39, 0.29) is 0 Å². The molecular formula is C14H24N4O. The minimum Gasteiger partial charge on any atom is -0.339 e. The number of aryl methyl sites for hydroxylation is 1. The molecule has 2 aliphatic rings. The van der Waals surface area contributed by atoms with Crippen molar-refractivity contribution in [3.8, 4) is 0 Å². The lowest BCUT2D eigenvalue weighted by Gasteiger charge is -2.29. The molecule has 0 aromatic carbocycles. The summed E-state index contributed by atoms with van der Waals surface area (Å²) in [6.45, 7) is 6.45. The fourth-order valence-corrected chi connectivity index (χ4v) is 2.86. The Bertz CT molecular complexity index is 396. The molecule has 1 aromatic rings. The van der Waals surface area contributed by atoms with Crippen LogP contribution >= 0.6 is 0 Å². The van der Waals surface area contributed by atoms with Crippen LogP contribution in [0.25, 0.3) is 0 Å². The summed E-state index contributed by atoms with van der Waals surface area (Å²) >= 11 is 0. The zero-order valence-corrected chi connectivity index (χ0v) is 11.8. The van der Waals surface area contributed by atoms with Crippen molar-refractivity contribution in [3.05, 3.63) is 11.7 Å². The highest BCUT2D eigenvalue weighted by Crippen LogP contribution is 2.30. The van der Waals surface area contributed by atoms with Crippen LogP contribution in [0.5, 0.6) is 0 Å². The third-order valence-electron chi connectivity index (χ3n) is 4.17. The Morgan fingerprint density at radius 1 is 1.26 bits per heavy atom. The van der Waals surface area contributed by atoms with Gasteiger partial charge in [0.05, 0.1) is 6.54 Å². The van der Waals surface area contributed by atoms with E-state index in [0.29, 0.717) is 0 Å². The van der Waals surface area contributed by atoms with Crippen molar-refractivity contribution in [2.75, 3.05) is 19.6 Å². The number of hydrogen-bond acceptors (Lipinski definition) is 5. The Morgan fingerprint density at radius 3 is 2.68 bits per heavy atom. The van der Waals surface area contributed by atoms with Crippen LogP contribution in [-0.2, 0) is 13.0 Å². The van der Waals surface area contributed by atoms with E-state index in [1.54, 1.807) is 0 Å². The highest BCUT2D eigenvalue weighted by molar-refractivity contribution is 4.92. The van der Waals surface area contributed by atoms with Gasteiger partial charge in [0, 0.05) is 19.0 Å². The largest absolute Gasteiger partial charge is 0.339 e. The Morgan fingerprint density at radius 2 is 2.05 bits per heavy atom. The van der Waals surface area contributed by atoms with E-state index in [1.165, 1.54) is 45.3 Å². The number of hydrogen-bond donors (Lipinski definition) is 1. The lowest BCUT2D eigenvalue weighted by Crippen LogP contribution is -2.37. The van der Waals surface area contributed by atoms with E-state index >= 15 is 0 Å². The Balaban J connectivity index is 1.57. The monoisotopic (exact) mass is 264 g/mol. The molecule has 0 spiro atoms. The molecular weight excluding hydrogens is 240 g/mol. The molecule has 1 aromatic heterocycles. The summed E-state index contributed by atoms with van der Waals surface area (Å²) in [5.74, 6) is 2.45. The highest BCUT2D eigenvalue weighted by atomic mass is 16.5. The van der Waals surface area contributed by atoms with Crippen LogP contribution in [0, 0.1) is 5.92 Å². The third kappa shape index (κ3) is 3.54. The molecule has 1 aliphatic heterocycles. The van der Waals surface area contributed by atoms with Crippen LogP contribution < -0.4 is 5.32 Å². The molecule has 5 nitrogen and oxygen atoms in total. The summed E-state index contributed by atoms with van der Waals surface area (Å²) in [4.78, 5) is 7.01. The van der Waals surface area contributed by atoms with E-state index in [4.69, 9.17) is 4.52 Å². The molecule has 1 N–H and O–H groups in total. The van der Waals surface area contributed by atoms with Crippen molar-refractivity contribution >= 4 is 0 Å². The van der Waals surface area contributed by atoms with Gasteiger partial charge in [0.25, 0.3) is 0 Å². The van der Waals surface area contributed by atoms with Crippen molar-refractivity contribution in [1.29, 1.82) is 0 Å². The molecule has 106 valence electrons. The minimum atomic E-state index is 0.757. The predicted molar refractivity (Wildman–Crippen MR) is 72.7 cm³/mol. The highest BCUT2D eigenvalue weighted by Gasteiger charge is 2.31. The van der Waals surface area contributed by atoms with Crippen molar-refractivity contribution in [3.63, 3.8) is 0 Å². The summed E-state index contributed by atoms with van der Waals surface area (Å²) in [5.41, 5.74) is 0. The molecule has 5 heteroatoms. The average Bonchev–Trinajstić information content (AvgIpc) is 3.20. The summed E-state index contributed by atoms with van der Waals surface area (Å²) in [7, 11) is 0. The molecule has 3 rings (SSSR count). The zero-order valence-electron chi connectivity index (χ0n) is 11.8. The zero-order chi connectivity index (χ0) is 13.1. The first-order valence-electron chi connectivity index (χ1n) is 7.61. The summed E-state index contributed by atoms with van der Waals surface area (Å²) in [6.07, 6.45) is 6.10. The van der Waals surface area contributed by atoms with Crippen LogP contribution in [-0.4, -0.2) is 40.7 Å². The van der Waals surface area contributed by atoms with Crippen LogP contribution in [0.3, 0.4) is 0 Å². The standard InChI is InChI=1S/C14H24N4O/c1-2-14-16-13(17-19-14)10-18(12-3-4-12)9-11-5-7-15-8-6-11/h11-12,15H,2-10H2,1H3. The van der Waals surface area contributed by atoms with Gasteiger partial charge in [-0.2, -0.15) is 4.98 Å². The van der Waals surface area contributed by atoms with Gasteiger partial charge in [-0.05, 0) is 44.7 Å². The fourth-order valence-electron chi connectivity index (χ4n) is 2.86. The van der Waals surface area contributed by atoms with Gasteiger partial charge in [0.2, 0.25) is 5.89 Å². The molecule has 0 amide bonds. The number of nitrogens with zero attached hydrogens (tertiary/aromatic N) is 3. The smallest absolute Gasteiger partial charge is 0.226 e. The lowest BCUT2D eigenvalue weighted by atomic mass is 9.97. The van der Waals surface area contributed by atoms with Crippen LogP contribution in [0.15, 0.2) is 4.52 Å². The SMILES string of the molecule is CCc1nc(CN(CC2CCNCC2)C2CC2)no1. The van der Waals surface area contributed by atoms with Gasteiger partial charge in [-0.3, -0.25) is 4.90 Å². The number of piperidine rings is 1. The average molecular weight is 264 g/mol. The first-order valence-corrected chi connectivity index (χ1v) is 7.61. The number of rotatable bonds is 6. The van der Waals surface area contributed by atoms with Gasteiger partial charge < -0.3 is 9.84 Å². The molecule has 19 heavy (non-hydrogen) atoms. The lowest BCUT2D eigenvalue weighted by molar-refractivity contribution is 0.184. The Hall–Kier alpha value is -0.940. The van der Waals surface area contributed by atoms with Gasteiger partial charge in [-0.15, -0.1) is 0 Å². The van der Waals surface area contributed by atoms with Crippen LogP contribution in [0.4, 0.5) is 0 Å². The first kappa shape index (κ1) is 13.1. The molecule has 1 saturated carbocycles. The maximum absolute atomic E-state index is 5.21.